The van der Waals surface area contributed by atoms with Gasteiger partial charge in [0.2, 0.25) is 5.95 Å². The number of carbonyl (C=O) groups excluding carboxylic acids is 1. The summed E-state index contributed by atoms with van der Waals surface area (Å²) in [4.78, 5) is 23.3. The van der Waals surface area contributed by atoms with Crippen LogP contribution in [-0.2, 0) is 4.74 Å². The van der Waals surface area contributed by atoms with Gasteiger partial charge in [0, 0.05) is 24.7 Å². The molecule has 1 saturated heterocycles. The number of nitrogens with one attached hydrogen (secondary N) is 1. The summed E-state index contributed by atoms with van der Waals surface area (Å²) < 4.78 is 5.53. The Labute approximate surface area is 200 Å². The van der Waals surface area contributed by atoms with E-state index in [4.69, 9.17) is 21.3 Å². The maximum absolute atomic E-state index is 12.5. The normalized spacial score (nSPS) is 16.4. The van der Waals surface area contributed by atoms with Crippen LogP contribution in [0.1, 0.15) is 33.6 Å². The van der Waals surface area contributed by atoms with Crippen LogP contribution < -0.4 is 5.32 Å². The minimum absolute atomic E-state index is 0.0379. The third-order valence-electron chi connectivity index (χ3n) is 5.39. The third kappa shape index (κ3) is 6.02. The van der Waals surface area contributed by atoms with Gasteiger partial charge in [-0.1, -0.05) is 60.1 Å². The van der Waals surface area contributed by atoms with Gasteiger partial charge in [-0.25, -0.2) is 14.8 Å². The van der Waals surface area contributed by atoms with E-state index in [1.165, 1.54) is 0 Å². The second-order valence-corrected chi connectivity index (χ2v) is 9.65. The van der Waals surface area contributed by atoms with E-state index < -0.39 is 5.60 Å². The number of hydrogen-bond acceptors (Lipinski definition) is 5. The maximum atomic E-state index is 12.5. The van der Waals surface area contributed by atoms with E-state index in [1.807, 2.05) is 51.1 Å². The average molecular weight is 465 g/mol. The summed E-state index contributed by atoms with van der Waals surface area (Å²) in [6, 6.07) is 18.4. The van der Waals surface area contributed by atoms with Gasteiger partial charge in [-0.2, -0.15) is 0 Å². The lowest BCUT2D eigenvalue weighted by molar-refractivity contribution is 0.0206. The van der Waals surface area contributed by atoms with Crippen molar-refractivity contribution in [3.63, 3.8) is 0 Å². The lowest BCUT2D eigenvalue weighted by Gasteiger charge is -2.34. The number of nitrogens with zero attached hydrogens (tertiary/aromatic N) is 3. The highest BCUT2D eigenvalue weighted by Crippen LogP contribution is 2.30. The van der Waals surface area contributed by atoms with Crippen LogP contribution in [0.2, 0.25) is 5.02 Å². The van der Waals surface area contributed by atoms with Crippen molar-refractivity contribution < 1.29 is 9.53 Å². The zero-order valence-electron chi connectivity index (χ0n) is 19.2. The third-order valence-corrected chi connectivity index (χ3v) is 5.67. The highest BCUT2D eigenvalue weighted by molar-refractivity contribution is 6.32. The molecule has 4 rings (SSSR count). The summed E-state index contributed by atoms with van der Waals surface area (Å²) in [5.74, 6) is 0.496. The fourth-order valence-corrected chi connectivity index (χ4v) is 4.09. The number of aromatic nitrogens is 2. The lowest BCUT2D eigenvalue weighted by Crippen LogP contribution is -2.47. The Kier molecular flexibility index (Phi) is 6.84. The van der Waals surface area contributed by atoms with Gasteiger partial charge >= 0.3 is 6.09 Å². The molecule has 1 aromatic heterocycles. The fraction of sp³-hybridized carbons (Fsp3) is 0.346. The molecule has 172 valence electrons. The van der Waals surface area contributed by atoms with Crippen LogP contribution in [0.4, 0.5) is 10.7 Å². The van der Waals surface area contributed by atoms with Gasteiger partial charge in [-0.05, 0) is 50.8 Å². The van der Waals surface area contributed by atoms with Gasteiger partial charge in [0.1, 0.15) is 5.60 Å². The van der Waals surface area contributed by atoms with Crippen LogP contribution in [0.25, 0.3) is 22.4 Å². The molecule has 1 aliphatic rings. The molecule has 0 aliphatic carbocycles. The molecule has 0 bridgehead atoms. The van der Waals surface area contributed by atoms with Gasteiger partial charge < -0.3 is 15.0 Å². The molecule has 0 saturated carbocycles. The number of carbonyl (C=O) groups is 1. The predicted octanol–water partition coefficient (Wildman–Crippen LogP) is 6.28. The van der Waals surface area contributed by atoms with Crippen molar-refractivity contribution in [3.8, 4) is 22.4 Å². The van der Waals surface area contributed by atoms with Crippen LogP contribution >= 0.6 is 11.6 Å². The highest BCUT2D eigenvalue weighted by atomic mass is 35.5. The standard InChI is InChI=1S/C26H29ClN4O2/c1-26(2,3)33-25(32)31-14-8-13-21(17-31)29-24-28-16-22(27)23(30-24)20-12-7-11-19(15-20)18-9-5-4-6-10-18/h4-7,9-12,15-16,21H,8,13-14,17H2,1-3H3,(H,28,29,30)/t21-/m0/s1. The summed E-state index contributed by atoms with van der Waals surface area (Å²) in [5.41, 5.74) is 3.31. The average Bonchev–Trinajstić information content (AvgIpc) is 2.80. The minimum atomic E-state index is -0.514. The Hall–Kier alpha value is -3.12. The summed E-state index contributed by atoms with van der Waals surface area (Å²) in [5, 5.41) is 3.87. The van der Waals surface area contributed by atoms with Crippen molar-refractivity contribution in [2.75, 3.05) is 18.4 Å². The van der Waals surface area contributed by atoms with Gasteiger partial charge in [0.15, 0.2) is 0 Å². The second-order valence-electron chi connectivity index (χ2n) is 9.25. The van der Waals surface area contributed by atoms with Gasteiger partial charge in [-0.3, -0.25) is 0 Å². The summed E-state index contributed by atoms with van der Waals surface area (Å²) in [7, 11) is 0. The first-order valence-electron chi connectivity index (χ1n) is 11.2. The predicted molar refractivity (Wildman–Crippen MR) is 132 cm³/mol. The summed E-state index contributed by atoms with van der Waals surface area (Å²) in [6.45, 7) is 6.85. The number of piperidine rings is 1. The molecule has 6 nitrogen and oxygen atoms in total. The molecule has 33 heavy (non-hydrogen) atoms. The molecule has 1 fully saturated rings. The number of likely N-dealkylation sites (tertiary alicyclic amines) is 1. The van der Waals surface area contributed by atoms with E-state index in [-0.39, 0.29) is 12.1 Å². The Balaban J connectivity index is 1.51. The van der Waals surface area contributed by atoms with E-state index >= 15 is 0 Å². The first kappa shape index (κ1) is 23.1. The number of amides is 1. The fourth-order valence-electron chi connectivity index (χ4n) is 3.89. The number of halogens is 1. The molecule has 1 amide bonds. The van der Waals surface area contributed by atoms with E-state index in [0.29, 0.717) is 29.8 Å². The Bertz CT molecular complexity index is 1110. The van der Waals surface area contributed by atoms with E-state index in [0.717, 1.165) is 29.5 Å². The molecule has 0 radical (unpaired) electrons. The Morgan fingerprint density at radius 3 is 2.58 bits per heavy atom. The smallest absolute Gasteiger partial charge is 0.410 e. The highest BCUT2D eigenvalue weighted by Gasteiger charge is 2.28. The first-order valence-corrected chi connectivity index (χ1v) is 11.6. The number of anilines is 1. The SMILES string of the molecule is CC(C)(C)OC(=O)N1CCC[C@H](Nc2ncc(Cl)c(-c3cccc(-c4ccccc4)c3)n2)C1. The molecule has 1 atom stereocenters. The Morgan fingerprint density at radius 1 is 1.09 bits per heavy atom. The van der Waals surface area contributed by atoms with E-state index in [9.17, 15) is 4.79 Å². The van der Waals surface area contributed by atoms with Crippen molar-refractivity contribution in [1.29, 1.82) is 0 Å². The first-order chi connectivity index (χ1) is 15.8. The molecule has 2 aromatic carbocycles. The summed E-state index contributed by atoms with van der Waals surface area (Å²) >= 11 is 6.48. The molecule has 7 heteroatoms. The number of ether oxygens (including phenoxy) is 1. The van der Waals surface area contributed by atoms with Gasteiger partial charge in [-0.15, -0.1) is 0 Å². The molecule has 1 N–H and O–H groups in total. The molecule has 3 aromatic rings. The molecular formula is C26H29ClN4O2. The van der Waals surface area contributed by atoms with Gasteiger partial charge in [0.05, 0.1) is 16.9 Å². The summed E-state index contributed by atoms with van der Waals surface area (Å²) in [6.07, 6.45) is 3.14. The zero-order valence-corrected chi connectivity index (χ0v) is 20.0. The van der Waals surface area contributed by atoms with Crippen LogP contribution in [0.15, 0.2) is 60.8 Å². The maximum Gasteiger partial charge on any atom is 0.410 e. The zero-order chi connectivity index (χ0) is 23.4. The lowest BCUT2D eigenvalue weighted by atomic mass is 10.0. The molecule has 1 aliphatic heterocycles. The van der Waals surface area contributed by atoms with E-state index in [2.05, 4.69) is 34.6 Å². The number of rotatable bonds is 4. The molecular weight excluding hydrogens is 436 g/mol. The number of hydrogen-bond donors (Lipinski definition) is 1. The van der Waals surface area contributed by atoms with Crippen LogP contribution in [0.3, 0.4) is 0 Å². The van der Waals surface area contributed by atoms with Crippen molar-refractivity contribution in [3.05, 3.63) is 65.8 Å². The monoisotopic (exact) mass is 464 g/mol. The van der Waals surface area contributed by atoms with Crippen molar-refractivity contribution in [2.24, 2.45) is 0 Å². The number of benzene rings is 2. The quantitative estimate of drug-likeness (QED) is 0.492. The van der Waals surface area contributed by atoms with E-state index in [1.54, 1.807) is 11.1 Å². The molecule has 2 heterocycles. The van der Waals surface area contributed by atoms with Crippen molar-refractivity contribution >= 4 is 23.6 Å². The van der Waals surface area contributed by atoms with Crippen LogP contribution in [-0.4, -0.2) is 45.7 Å². The van der Waals surface area contributed by atoms with Gasteiger partial charge in [0.25, 0.3) is 0 Å². The van der Waals surface area contributed by atoms with Crippen LogP contribution in [0.5, 0.6) is 0 Å². The second kappa shape index (κ2) is 9.79. The Morgan fingerprint density at radius 2 is 1.82 bits per heavy atom. The largest absolute Gasteiger partial charge is 0.444 e. The topological polar surface area (TPSA) is 67.3 Å². The molecule has 0 unspecified atom stereocenters. The van der Waals surface area contributed by atoms with Crippen molar-refractivity contribution in [2.45, 2.75) is 45.3 Å². The van der Waals surface area contributed by atoms with Crippen molar-refractivity contribution in [1.82, 2.24) is 14.9 Å². The minimum Gasteiger partial charge on any atom is -0.444 e. The van der Waals surface area contributed by atoms with Crippen LogP contribution in [0, 0.1) is 0 Å². The molecule has 0 spiro atoms.